The zero-order valence-corrected chi connectivity index (χ0v) is 12.1. The van der Waals surface area contributed by atoms with Crippen LogP contribution in [-0.4, -0.2) is 32.8 Å². The van der Waals surface area contributed by atoms with Crippen LogP contribution >= 0.6 is 0 Å². The monoisotopic (exact) mass is 281 g/mol. The van der Waals surface area contributed by atoms with Crippen molar-refractivity contribution in [2.45, 2.75) is 13.8 Å². The van der Waals surface area contributed by atoms with Gasteiger partial charge < -0.3 is 19.9 Å². The molecule has 0 aliphatic carbocycles. The van der Waals surface area contributed by atoms with Crippen molar-refractivity contribution in [1.29, 1.82) is 0 Å². The highest BCUT2D eigenvalue weighted by molar-refractivity contribution is 5.96. The smallest absolute Gasteiger partial charge is 0.340 e. The van der Waals surface area contributed by atoms with Gasteiger partial charge in [0.15, 0.2) is 0 Å². The Morgan fingerprint density at radius 2 is 1.90 bits per heavy atom. The summed E-state index contributed by atoms with van der Waals surface area (Å²) in [6.45, 7) is 3.15. The van der Waals surface area contributed by atoms with Crippen molar-refractivity contribution in [2.24, 2.45) is 5.41 Å². The Hall–Kier alpha value is -2.24. The lowest BCUT2D eigenvalue weighted by atomic mass is 9.95. The lowest BCUT2D eigenvalue weighted by Crippen LogP contribution is -2.32. The fourth-order valence-electron chi connectivity index (χ4n) is 1.56. The Morgan fingerprint density at radius 1 is 1.25 bits per heavy atom. The van der Waals surface area contributed by atoms with Crippen molar-refractivity contribution < 1.29 is 23.8 Å². The third-order valence-electron chi connectivity index (χ3n) is 2.81. The molecule has 0 saturated heterocycles. The standard InChI is InChI=1S/C14H19NO5/c1-14(2,13(17)19-4)8-20-12(16)9-6-5-7-10(18-3)11(9)15/h5-7H,8,15H2,1-4H3. The Kier molecular flexibility index (Phi) is 4.96. The Balaban J connectivity index is 2.80. The van der Waals surface area contributed by atoms with Crippen molar-refractivity contribution in [1.82, 2.24) is 0 Å². The van der Waals surface area contributed by atoms with E-state index in [1.807, 2.05) is 0 Å². The summed E-state index contributed by atoms with van der Waals surface area (Å²) in [7, 11) is 2.74. The predicted molar refractivity (Wildman–Crippen MR) is 73.5 cm³/mol. The van der Waals surface area contributed by atoms with Crippen LogP contribution in [-0.2, 0) is 14.3 Å². The van der Waals surface area contributed by atoms with E-state index in [-0.39, 0.29) is 17.9 Å². The number of rotatable bonds is 5. The van der Waals surface area contributed by atoms with E-state index in [2.05, 4.69) is 4.74 Å². The average Bonchev–Trinajstić information content (AvgIpc) is 2.44. The average molecular weight is 281 g/mol. The Labute approximate surface area is 117 Å². The van der Waals surface area contributed by atoms with E-state index in [4.69, 9.17) is 15.2 Å². The molecule has 6 nitrogen and oxygen atoms in total. The molecule has 2 N–H and O–H groups in total. The number of hydrogen-bond donors (Lipinski definition) is 1. The number of methoxy groups -OCH3 is 2. The van der Waals surface area contributed by atoms with Crippen LogP contribution in [0.1, 0.15) is 24.2 Å². The number of benzene rings is 1. The maximum Gasteiger partial charge on any atom is 0.340 e. The van der Waals surface area contributed by atoms with Gasteiger partial charge in [-0.25, -0.2) is 4.79 Å². The molecule has 6 heteroatoms. The van der Waals surface area contributed by atoms with Crippen LogP contribution in [0.2, 0.25) is 0 Å². The van der Waals surface area contributed by atoms with Crippen LogP contribution in [0.5, 0.6) is 5.75 Å². The van der Waals surface area contributed by atoms with Crippen LogP contribution in [0.15, 0.2) is 18.2 Å². The topological polar surface area (TPSA) is 87.8 Å². The van der Waals surface area contributed by atoms with E-state index < -0.39 is 17.4 Å². The maximum atomic E-state index is 12.0. The summed E-state index contributed by atoms with van der Waals surface area (Å²) in [5.41, 5.74) is 5.29. The van der Waals surface area contributed by atoms with E-state index in [1.165, 1.54) is 20.3 Å². The van der Waals surface area contributed by atoms with E-state index in [9.17, 15) is 9.59 Å². The van der Waals surface area contributed by atoms with E-state index in [0.29, 0.717) is 5.75 Å². The number of carbonyl (C=O) groups excluding carboxylic acids is 2. The number of nitrogens with two attached hydrogens (primary N) is 1. The molecule has 0 saturated carbocycles. The summed E-state index contributed by atoms with van der Waals surface area (Å²) in [5, 5.41) is 0. The molecule has 0 radical (unpaired) electrons. The zero-order chi connectivity index (χ0) is 15.3. The molecule has 0 heterocycles. The van der Waals surface area contributed by atoms with Crippen molar-refractivity contribution in [2.75, 3.05) is 26.6 Å². The second kappa shape index (κ2) is 6.27. The number of anilines is 1. The predicted octanol–water partition coefficient (Wildman–Crippen LogP) is 1.63. The minimum atomic E-state index is -0.919. The fourth-order valence-corrected chi connectivity index (χ4v) is 1.56. The van der Waals surface area contributed by atoms with Gasteiger partial charge in [-0.15, -0.1) is 0 Å². The number of hydrogen-bond acceptors (Lipinski definition) is 6. The van der Waals surface area contributed by atoms with Crippen LogP contribution < -0.4 is 10.5 Å². The van der Waals surface area contributed by atoms with Crippen molar-refractivity contribution in [3.63, 3.8) is 0 Å². The first kappa shape index (κ1) is 15.8. The second-order valence-electron chi connectivity index (χ2n) is 4.87. The molecule has 1 aromatic carbocycles. The lowest BCUT2D eigenvalue weighted by Gasteiger charge is -2.21. The third kappa shape index (κ3) is 3.40. The van der Waals surface area contributed by atoms with Crippen LogP contribution in [0.25, 0.3) is 0 Å². The third-order valence-corrected chi connectivity index (χ3v) is 2.81. The van der Waals surface area contributed by atoms with Crippen molar-refractivity contribution >= 4 is 17.6 Å². The highest BCUT2D eigenvalue weighted by atomic mass is 16.5. The van der Waals surface area contributed by atoms with Gasteiger partial charge in [0.2, 0.25) is 0 Å². The summed E-state index contributed by atoms with van der Waals surface area (Å²) < 4.78 is 14.8. The maximum absolute atomic E-state index is 12.0. The summed E-state index contributed by atoms with van der Waals surface area (Å²) in [4.78, 5) is 23.5. The Morgan fingerprint density at radius 3 is 2.45 bits per heavy atom. The summed E-state index contributed by atoms with van der Waals surface area (Å²) in [6.07, 6.45) is 0. The van der Waals surface area contributed by atoms with E-state index >= 15 is 0 Å². The van der Waals surface area contributed by atoms with Gasteiger partial charge in [0.1, 0.15) is 12.4 Å². The first-order valence-corrected chi connectivity index (χ1v) is 6.01. The molecule has 110 valence electrons. The van der Waals surface area contributed by atoms with E-state index in [1.54, 1.807) is 26.0 Å². The zero-order valence-electron chi connectivity index (χ0n) is 12.1. The summed E-state index contributed by atoms with van der Waals surface area (Å²) in [5.74, 6) is -0.672. The molecule has 20 heavy (non-hydrogen) atoms. The number of esters is 2. The molecular weight excluding hydrogens is 262 g/mol. The molecule has 0 aromatic heterocycles. The first-order valence-electron chi connectivity index (χ1n) is 6.01. The van der Waals surface area contributed by atoms with Crippen molar-refractivity contribution in [3.05, 3.63) is 23.8 Å². The summed E-state index contributed by atoms with van der Waals surface area (Å²) >= 11 is 0. The van der Waals surface area contributed by atoms with Gasteiger partial charge in [0.25, 0.3) is 0 Å². The van der Waals surface area contributed by atoms with Gasteiger partial charge in [-0.1, -0.05) is 6.07 Å². The van der Waals surface area contributed by atoms with Gasteiger partial charge in [0.05, 0.1) is 30.9 Å². The molecule has 0 fully saturated rings. The normalized spacial score (nSPS) is 10.8. The lowest BCUT2D eigenvalue weighted by molar-refractivity contribution is -0.152. The van der Waals surface area contributed by atoms with Gasteiger partial charge in [-0.05, 0) is 26.0 Å². The van der Waals surface area contributed by atoms with Crippen LogP contribution in [0.3, 0.4) is 0 Å². The second-order valence-corrected chi connectivity index (χ2v) is 4.87. The molecule has 1 rings (SSSR count). The molecule has 1 aromatic rings. The van der Waals surface area contributed by atoms with Crippen LogP contribution in [0, 0.1) is 5.41 Å². The molecule has 0 amide bonds. The van der Waals surface area contributed by atoms with Gasteiger partial charge in [-0.3, -0.25) is 4.79 Å². The van der Waals surface area contributed by atoms with Gasteiger partial charge in [0, 0.05) is 0 Å². The molecule has 0 atom stereocenters. The number of ether oxygens (including phenoxy) is 3. The van der Waals surface area contributed by atoms with Crippen LogP contribution in [0.4, 0.5) is 5.69 Å². The van der Waals surface area contributed by atoms with Crippen molar-refractivity contribution in [3.8, 4) is 5.75 Å². The van der Waals surface area contributed by atoms with E-state index in [0.717, 1.165) is 0 Å². The first-order chi connectivity index (χ1) is 9.33. The highest BCUT2D eigenvalue weighted by Crippen LogP contribution is 2.26. The highest BCUT2D eigenvalue weighted by Gasteiger charge is 2.31. The summed E-state index contributed by atoms with van der Waals surface area (Å²) in [6, 6.07) is 4.81. The largest absolute Gasteiger partial charge is 0.495 e. The number of para-hydroxylation sites is 1. The van der Waals surface area contributed by atoms with Gasteiger partial charge >= 0.3 is 11.9 Å². The number of carbonyl (C=O) groups is 2. The Bertz CT molecular complexity index is 510. The SMILES string of the molecule is COC(=O)C(C)(C)COC(=O)c1cccc(OC)c1N. The minimum absolute atomic E-state index is 0.102. The fraction of sp³-hybridized carbons (Fsp3) is 0.429. The minimum Gasteiger partial charge on any atom is -0.495 e. The molecular formula is C14H19NO5. The molecule has 0 aliphatic rings. The molecule has 0 aliphatic heterocycles. The molecule has 0 bridgehead atoms. The molecule has 0 unspecified atom stereocenters. The quantitative estimate of drug-likeness (QED) is 0.652. The van der Waals surface area contributed by atoms with Gasteiger partial charge in [-0.2, -0.15) is 0 Å². The number of nitrogen functional groups attached to an aromatic ring is 1. The molecule has 0 spiro atoms.